The maximum atomic E-state index is 13.9. The summed E-state index contributed by atoms with van der Waals surface area (Å²) in [5.74, 6) is 0.0434. The third-order valence-electron chi connectivity index (χ3n) is 9.85. The minimum Gasteiger partial charge on any atom is -0.381 e. The van der Waals surface area contributed by atoms with E-state index in [0.717, 1.165) is 27.3 Å². The predicted octanol–water partition coefficient (Wildman–Crippen LogP) is 7.75. The van der Waals surface area contributed by atoms with Gasteiger partial charge in [0.1, 0.15) is 23.0 Å². The molecular weight excluding hydrogens is 805 g/mol. The molecule has 296 valence electrons. The molecule has 57 heavy (non-hydrogen) atoms. The van der Waals surface area contributed by atoms with Crippen LogP contribution in [0.15, 0.2) is 76.3 Å². The normalized spacial score (nSPS) is 19.7. The van der Waals surface area contributed by atoms with E-state index in [1.165, 1.54) is 24.3 Å². The molecule has 1 saturated heterocycles. The number of pyridine rings is 2. The second-order valence-electron chi connectivity index (χ2n) is 13.5. The molecule has 2 fully saturated rings. The molecule has 0 radical (unpaired) electrons. The van der Waals surface area contributed by atoms with Gasteiger partial charge in [-0.1, -0.05) is 47.5 Å². The summed E-state index contributed by atoms with van der Waals surface area (Å²) in [6, 6.07) is 14.6. The first-order valence-electron chi connectivity index (χ1n) is 17.3. The minimum absolute atomic E-state index is 0.00936. The highest BCUT2D eigenvalue weighted by atomic mass is 35.5. The quantitative estimate of drug-likeness (QED) is 0.139. The van der Waals surface area contributed by atoms with E-state index in [2.05, 4.69) is 30.6 Å². The van der Waals surface area contributed by atoms with Gasteiger partial charge in [-0.15, -0.1) is 0 Å². The largest absolute Gasteiger partial charge is 0.433 e. The van der Waals surface area contributed by atoms with Crippen LogP contribution < -0.4 is 22.0 Å². The number of fused-ring (bicyclic) bond motifs is 2. The Morgan fingerprint density at radius 2 is 1.32 bits per heavy atom. The van der Waals surface area contributed by atoms with Gasteiger partial charge in [0.2, 0.25) is 0 Å². The number of hydrogen-bond donors (Lipinski definition) is 2. The van der Waals surface area contributed by atoms with Crippen LogP contribution >= 0.6 is 23.2 Å². The number of methoxy groups -OCH3 is 1. The Balaban J connectivity index is 1.06. The molecule has 2 aliphatic rings. The summed E-state index contributed by atoms with van der Waals surface area (Å²) >= 11 is 13.2. The molecule has 0 spiro atoms. The molecule has 1 saturated carbocycles. The molecule has 2 unspecified atom stereocenters. The lowest BCUT2D eigenvalue weighted by atomic mass is 9.89. The summed E-state index contributed by atoms with van der Waals surface area (Å²) in [6.45, 7) is 0.0607. The van der Waals surface area contributed by atoms with Gasteiger partial charge in [0.15, 0.2) is 11.3 Å². The molecule has 0 amide bonds. The van der Waals surface area contributed by atoms with Crippen LogP contribution in [0, 0.1) is 0 Å². The maximum absolute atomic E-state index is 13.9. The van der Waals surface area contributed by atoms with Crippen molar-refractivity contribution in [2.75, 3.05) is 24.3 Å². The van der Waals surface area contributed by atoms with Gasteiger partial charge in [-0.2, -0.15) is 36.3 Å². The van der Waals surface area contributed by atoms with Crippen LogP contribution in [-0.2, 0) is 21.8 Å². The summed E-state index contributed by atoms with van der Waals surface area (Å²) in [6.07, 6.45) is -9.15. The molecule has 1 aliphatic heterocycles. The number of ether oxygens (including phenoxy) is 2. The zero-order valence-corrected chi connectivity index (χ0v) is 30.8. The Labute approximate surface area is 327 Å². The molecule has 20 heteroatoms. The van der Waals surface area contributed by atoms with Gasteiger partial charge in [-0.3, -0.25) is 0 Å². The highest BCUT2D eigenvalue weighted by Gasteiger charge is 2.37. The number of nitrogens with zero attached hydrogens (tertiary/aromatic N) is 6. The third kappa shape index (κ3) is 7.26. The Morgan fingerprint density at radius 3 is 1.91 bits per heavy atom. The zero-order chi connectivity index (χ0) is 40.4. The molecule has 4 aromatic heterocycles. The molecule has 2 N–H and O–H groups in total. The van der Waals surface area contributed by atoms with Crippen LogP contribution in [0.1, 0.15) is 42.3 Å². The molecule has 1 aliphatic carbocycles. The lowest BCUT2D eigenvalue weighted by Crippen LogP contribution is -2.41. The number of benzene rings is 2. The molecule has 6 aromatic rings. The van der Waals surface area contributed by atoms with E-state index in [4.69, 9.17) is 32.7 Å². The van der Waals surface area contributed by atoms with Crippen molar-refractivity contribution in [2.45, 2.75) is 56.0 Å². The fourth-order valence-corrected chi connectivity index (χ4v) is 7.41. The second-order valence-corrected chi connectivity index (χ2v) is 14.2. The van der Waals surface area contributed by atoms with Crippen LogP contribution in [0.4, 0.5) is 38.0 Å². The van der Waals surface area contributed by atoms with Gasteiger partial charge in [-0.25, -0.2) is 28.7 Å². The fraction of sp³-hybridized carbons (Fsp3) is 0.297. The number of hydrogen-bond acceptors (Lipinski definition) is 10. The first-order chi connectivity index (χ1) is 27.1. The lowest BCUT2D eigenvalue weighted by molar-refractivity contribution is -0.141. The van der Waals surface area contributed by atoms with Gasteiger partial charge in [-0.05, 0) is 55.3 Å². The first-order valence-corrected chi connectivity index (χ1v) is 18.1. The van der Waals surface area contributed by atoms with Gasteiger partial charge in [0.05, 0.1) is 50.5 Å². The van der Waals surface area contributed by atoms with Crippen LogP contribution in [0.2, 0.25) is 10.0 Å². The first kappa shape index (κ1) is 38.6. The van der Waals surface area contributed by atoms with Crippen molar-refractivity contribution in [3.63, 3.8) is 0 Å². The van der Waals surface area contributed by atoms with E-state index >= 15 is 0 Å². The molecule has 12 nitrogen and oxygen atoms in total. The van der Waals surface area contributed by atoms with Crippen molar-refractivity contribution in [3.8, 4) is 11.4 Å². The van der Waals surface area contributed by atoms with E-state index in [-0.39, 0.29) is 73.8 Å². The van der Waals surface area contributed by atoms with Crippen LogP contribution in [-0.4, -0.2) is 61.0 Å². The van der Waals surface area contributed by atoms with Crippen molar-refractivity contribution >= 4 is 56.9 Å². The predicted molar refractivity (Wildman–Crippen MR) is 198 cm³/mol. The molecular formula is C37H28Cl2F6N8O4. The van der Waals surface area contributed by atoms with Gasteiger partial charge in [0.25, 0.3) is 0 Å². The Morgan fingerprint density at radius 1 is 0.754 bits per heavy atom. The number of aromatic nitrogens is 6. The number of halogens is 8. The van der Waals surface area contributed by atoms with Crippen molar-refractivity contribution in [2.24, 2.45) is 0 Å². The van der Waals surface area contributed by atoms with E-state index in [1.54, 1.807) is 31.4 Å². The monoisotopic (exact) mass is 832 g/mol. The van der Waals surface area contributed by atoms with Crippen LogP contribution in [0.5, 0.6) is 0 Å². The fourth-order valence-electron chi connectivity index (χ4n) is 6.86. The smallest absolute Gasteiger partial charge is 0.381 e. The summed E-state index contributed by atoms with van der Waals surface area (Å²) in [4.78, 5) is 42.7. The van der Waals surface area contributed by atoms with Gasteiger partial charge >= 0.3 is 23.7 Å². The topological polar surface area (TPSA) is 138 Å². The van der Waals surface area contributed by atoms with Gasteiger partial charge in [0, 0.05) is 31.7 Å². The van der Waals surface area contributed by atoms with E-state index in [1.807, 2.05) is 0 Å². The van der Waals surface area contributed by atoms with E-state index in [0.29, 0.717) is 24.8 Å². The molecule has 0 bridgehead atoms. The maximum Gasteiger partial charge on any atom is 0.433 e. The molecule has 2 atom stereocenters. The summed E-state index contributed by atoms with van der Waals surface area (Å²) < 4.78 is 95.9. The standard InChI is InChI=1S/C37H28Cl2F6N8O4/c1-56-18-13-17(14-18)47-31-22-10-12-28(37(43,44)45)49-33(22)53(35(55)51-31)25-8-4-5-20(29(25)39)26-15-19(57-26)16-46-30-21-9-11-27(36(40,41)42)48-32(21)52(34(54)50-30)24-7-3-2-6-23(24)38/h2-12,17-19,26H,13-16H2,1H3,(H,46,50,54)(H,47,51,55)/t17-,18+,19?,26?. The average Bonchev–Trinajstić information content (AvgIpc) is 3.12. The Bertz CT molecular complexity index is 2660. The molecule has 5 heterocycles. The van der Waals surface area contributed by atoms with E-state index < -0.39 is 47.3 Å². The molecule has 8 rings (SSSR count). The lowest BCUT2D eigenvalue weighted by Gasteiger charge is -2.37. The Kier molecular flexibility index (Phi) is 9.86. The van der Waals surface area contributed by atoms with Gasteiger partial charge < -0.3 is 20.1 Å². The van der Waals surface area contributed by atoms with Crippen LogP contribution in [0.3, 0.4) is 0 Å². The highest BCUT2D eigenvalue weighted by molar-refractivity contribution is 6.33. The number of anilines is 2. The molecule has 2 aromatic carbocycles. The summed E-state index contributed by atoms with van der Waals surface area (Å²) in [7, 11) is 1.58. The number of alkyl halides is 6. The number of rotatable bonds is 9. The highest BCUT2D eigenvalue weighted by Crippen LogP contribution is 2.41. The average molecular weight is 834 g/mol. The van der Waals surface area contributed by atoms with Crippen molar-refractivity contribution in [1.82, 2.24) is 29.1 Å². The summed E-state index contributed by atoms with van der Waals surface area (Å²) in [5, 5.41) is 6.49. The Hall–Kier alpha value is -5.30. The van der Waals surface area contributed by atoms with Crippen LogP contribution in [0.25, 0.3) is 33.4 Å². The second kappa shape index (κ2) is 14.6. The third-order valence-corrected chi connectivity index (χ3v) is 10.6. The zero-order valence-electron chi connectivity index (χ0n) is 29.3. The number of nitrogens with one attached hydrogen (secondary N) is 2. The van der Waals surface area contributed by atoms with Crippen molar-refractivity contribution in [1.29, 1.82) is 0 Å². The SMILES string of the molecule is CO[C@H]1C[C@@H](Nc2nc(=O)n(-c3cccc(C4CC(CNc5nc(=O)n(-c6ccccc6Cl)c6nc(C(F)(F)F)ccc56)O4)c3Cl)c3nc(C(F)(F)F)ccc23)C1. The van der Waals surface area contributed by atoms with Crippen molar-refractivity contribution in [3.05, 3.63) is 115 Å². The minimum atomic E-state index is -4.81. The van der Waals surface area contributed by atoms with Crippen molar-refractivity contribution < 1.29 is 35.8 Å². The van der Waals surface area contributed by atoms with E-state index in [9.17, 15) is 35.9 Å². The number of para-hydroxylation sites is 1. The summed E-state index contributed by atoms with van der Waals surface area (Å²) in [5.41, 5.74) is -4.36.